The maximum atomic E-state index is 12.9. The van der Waals surface area contributed by atoms with Crippen LogP contribution < -0.4 is 5.32 Å². The molecule has 1 atom stereocenters. The number of hydrogen-bond acceptors (Lipinski definition) is 2. The number of nitrogens with one attached hydrogen (secondary N) is 1. The van der Waals surface area contributed by atoms with Crippen LogP contribution in [0, 0.1) is 5.82 Å². The average Bonchev–Trinajstić information content (AvgIpc) is 2.99. The third-order valence-corrected chi connectivity index (χ3v) is 4.12. The van der Waals surface area contributed by atoms with E-state index in [4.69, 9.17) is 0 Å². The second-order valence-electron chi connectivity index (χ2n) is 5.93. The number of hydrogen-bond donors (Lipinski definition) is 1. The molecule has 0 aliphatic carbocycles. The van der Waals surface area contributed by atoms with Crippen LogP contribution in [0.4, 0.5) is 4.39 Å². The highest BCUT2D eigenvalue weighted by Crippen LogP contribution is 2.19. The summed E-state index contributed by atoms with van der Waals surface area (Å²) in [4.78, 5) is 16.5. The first-order valence-electron chi connectivity index (χ1n) is 8.06. The lowest BCUT2D eigenvalue weighted by Crippen LogP contribution is -2.27. The van der Waals surface area contributed by atoms with Crippen molar-refractivity contribution in [3.8, 4) is 0 Å². The van der Waals surface area contributed by atoms with Gasteiger partial charge in [0.15, 0.2) is 0 Å². The second kappa shape index (κ2) is 7.25. The Morgan fingerprint density at radius 2 is 2.04 bits per heavy atom. The Morgan fingerprint density at radius 1 is 1.25 bits per heavy atom. The zero-order chi connectivity index (χ0) is 16.9. The van der Waals surface area contributed by atoms with Crippen molar-refractivity contribution in [3.05, 3.63) is 72.1 Å². The molecular weight excluding hydrogens is 305 g/mol. The standard InChI is InChI=1S/C19H20FN3O/c1-14(15-5-7-16(20)8-6-15)12-19(24)21-10-9-18-22-13-17-4-2-3-11-23(17)18/h2-8,11,13-14H,9-10,12H2,1H3,(H,21,24). The highest BCUT2D eigenvalue weighted by molar-refractivity contribution is 5.76. The van der Waals surface area contributed by atoms with Gasteiger partial charge in [0.05, 0.1) is 11.7 Å². The molecule has 0 saturated carbocycles. The SMILES string of the molecule is CC(CC(=O)NCCc1ncc2ccccn12)c1ccc(F)cc1. The van der Waals surface area contributed by atoms with E-state index in [2.05, 4.69) is 10.3 Å². The first kappa shape index (κ1) is 16.2. The number of carbonyl (C=O) groups is 1. The number of pyridine rings is 1. The maximum Gasteiger partial charge on any atom is 0.220 e. The van der Waals surface area contributed by atoms with Crippen LogP contribution in [-0.2, 0) is 11.2 Å². The molecule has 0 saturated heterocycles. The molecule has 2 heterocycles. The fourth-order valence-electron chi connectivity index (χ4n) is 2.76. The fraction of sp³-hybridized carbons (Fsp3) is 0.263. The van der Waals surface area contributed by atoms with E-state index in [1.165, 1.54) is 12.1 Å². The monoisotopic (exact) mass is 325 g/mol. The first-order valence-corrected chi connectivity index (χ1v) is 8.06. The summed E-state index contributed by atoms with van der Waals surface area (Å²) < 4.78 is 15.0. The summed E-state index contributed by atoms with van der Waals surface area (Å²) in [5.74, 6) is 0.713. The molecule has 3 aromatic rings. The number of fused-ring (bicyclic) bond motifs is 1. The average molecular weight is 325 g/mol. The highest BCUT2D eigenvalue weighted by atomic mass is 19.1. The minimum Gasteiger partial charge on any atom is -0.356 e. The number of benzene rings is 1. The number of nitrogens with zero attached hydrogens (tertiary/aromatic N) is 2. The topological polar surface area (TPSA) is 46.4 Å². The molecule has 1 aromatic carbocycles. The summed E-state index contributed by atoms with van der Waals surface area (Å²) in [5.41, 5.74) is 2.01. The molecule has 0 aliphatic heterocycles. The van der Waals surface area contributed by atoms with Gasteiger partial charge in [0.1, 0.15) is 11.6 Å². The summed E-state index contributed by atoms with van der Waals surface area (Å²) in [6, 6.07) is 12.2. The molecule has 1 unspecified atom stereocenters. The van der Waals surface area contributed by atoms with E-state index in [0.717, 1.165) is 16.9 Å². The van der Waals surface area contributed by atoms with Crippen molar-refractivity contribution in [1.29, 1.82) is 0 Å². The van der Waals surface area contributed by atoms with Crippen LogP contribution in [0.25, 0.3) is 5.52 Å². The molecule has 124 valence electrons. The van der Waals surface area contributed by atoms with Crippen LogP contribution in [0.1, 0.15) is 30.7 Å². The van der Waals surface area contributed by atoms with Crippen molar-refractivity contribution in [2.75, 3.05) is 6.54 Å². The van der Waals surface area contributed by atoms with Crippen LogP contribution in [0.5, 0.6) is 0 Å². The Bertz CT molecular complexity index is 826. The van der Waals surface area contributed by atoms with E-state index < -0.39 is 0 Å². The van der Waals surface area contributed by atoms with Gasteiger partial charge in [-0.1, -0.05) is 25.1 Å². The van der Waals surface area contributed by atoms with Gasteiger partial charge in [-0.25, -0.2) is 9.37 Å². The van der Waals surface area contributed by atoms with Crippen molar-refractivity contribution in [2.45, 2.75) is 25.7 Å². The van der Waals surface area contributed by atoms with Crippen molar-refractivity contribution >= 4 is 11.4 Å². The van der Waals surface area contributed by atoms with Crippen molar-refractivity contribution in [3.63, 3.8) is 0 Å². The van der Waals surface area contributed by atoms with Gasteiger partial charge in [0.25, 0.3) is 0 Å². The lowest BCUT2D eigenvalue weighted by atomic mass is 9.97. The van der Waals surface area contributed by atoms with Crippen LogP contribution in [-0.4, -0.2) is 21.8 Å². The van der Waals surface area contributed by atoms with Gasteiger partial charge < -0.3 is 9.72 Å². The molecule has 0 spiro atoms. The molecule has 1 N–H and O–H groups in total. The van der Waals surface area contributed by atoms with Gasteiger partial charge in [-0.2, -0.15) is 0 Å². The Morgan fingerprint density at radius 3 is 2.83 bits per heavy atom. The first-order chi connectivity index (χ1) is 11.6. The Balaban J connectivity index is 1.49. The number of imidazole rings is 1. The van der Waals surface area contributed by atoms with E-state index in [-0.39, 0.29) is 17.6 Å². The van der Waals surface area contributed by atoms with E-state index >= 15 is 0 Å². The number of halogens is 1. The van der Waals surface area contributed by atoms with E-state index in [9.17, 15) is 9.18 Å². The summed E-state index contributed by atoms with van der Waals surface area (Å²) in [6.07, 6.45) is 4.85. The van der Waals surface area contributed by atoms with Gasteiger partial charge >= 0.3 is 0 Å². The lowest BCUT2D eigenvalue weighted by molar-refractivity contribution is -0.121. The molecule has 3 rings (SSSR count). The zero-order valence-electron chi connectivity index (χ0n) is 13.6. The number of carbonyl (C=O) groups excluding carboxylic acids is 1. The van der Waals surface area contributed by atoms with Crippen LogP contribution in [0.3, 0.4) is 0 Å². The third kappa shape index (κ3) is 3.79. The van der Waals surface area contributed by atoms with Gasteiger partial charge in [-0.05, 0) is 35.7 Å². The van der Waals surface area contributed by atoms with Gasteiger partial charge in [0, 0.05) is 25.6 Å². The van der Waals surface area contributed by atoms with Crippen molar-refractivity contribution in [2.24, 2.45) is 0 Å². The van der Waals surface area contributed by atoms with Crippen molar-refractivity contribution < 1.29 is 9.18 Å². The van der Waals surface area contributed by atoms with E-state index in [1.807, 2.05) is 41.9 Å². The molecule has 5 heteroatoms. The highest BCUT2D eigenvalue weighted by Gasteiger charge is 2.11. The summed E-state index contributed by atoms with van der Waals surface area (Å²) in [5, 5.41) is 2.93. The quantitative estimate of drug-likeness (QED) is 0.756. The molecule has 0 radical (unpaired) electrons. The Kier molecular flexibility index (Phi) is 4.89. The van der Waals surface area contributed by atoms with Gasteiger partial charge in [-0.15, -0.1) is 0 Å². The Labute approximate surface area is 140 Å². The predicted molar refractivity (Wildman–Crippen MR) is 91.3 cm³/mol. The lowest BCUT2D eigenvalue weighted by Gasteiger charge is -2.12. The molecule has 0 aliphatic rings. The fourth-order valence-corrected chi connectivity index (χ4v) is 2.76. The molecular formula is C19H20FN3O. The minimum absolute atomic E-state index is 0.00677. The number of rotatable bonds is 6. The van der Waals surface area contributed by atoms with Crippen LogP contribution in [0.15, 0.2) is 54.9 Å². The zero-order valence-corrected chi connectivity index (χ0v) is 13.6. The second-order valence-corrected chi connectivity index (χ2v) is 5.93. The number of aromatic nitrogens is 2. The number of amides is 1. The smallest absolute Gasteiger partial charge is 0.220 e. The maximum absolute atomic E-state index is 12.9. The summed E-state index contributed by atoms with van der Waals surface area (Å²) in [6.45, 7) is 2.51. The molecule has 1 amide bonds. The Hall–Kier alpha value is -2.69. The van der Waals surface area contributed by atoms with E-state index in [0.29, 0.717) is 19.4 Å². The molecule has 24 heavy (non-hydrogen) atoms. The molecule has 2 aromatic heterocycles. The van der Waals surface area contributed by atoms with Gasteiger partial charge in [0.2, 0.25) is 5.91 Å². The van der Waals surface area contributed by atoms with E-state index in [1.54, 1.807) is 12.1 Å². The minimum atomic E-state index is -0.262. The molecule has 0 bridgehead atoms. The summed E-state index contributed by atoms with van der Waals surface area (Å²) >= 11 is 0. The predicted octanol–water partition coefficient (Wildman–Crippen LogP) is 3.33. The molecule has 4 nitrogen and oxygen atoms in total. The normalized spacial score (nSPS) is 12.2. The summed E-state index contributed by atoms with van der Waals surface area (Å²) in [7, 11) is 0. The molecule has 0 fully saturated rings. The van der Waals surface area contributed by atoms with Crippen LogP contribution in [0.2, 0.25) is 0 Å². The van der Waals surface area contributed by atoms with Gasteiger partial charge in [-0.3, -0.25) is 4.79 Å². The largest absolute Gasteiger partial charge is 0.356 e. The van der Waals surface area contributed by atoms with Crippen molar-refractivity contribution in [1.82, 2.24) is 14.7 Å². The third-order valence-electron chi connectivity index (χ3n) is 4.12. The van der Waals surface area contributed by atoms with Crippen LogP contribution >= 0.6 is 0 Å².